The van der Waals surface area contributed by atoms with E-state index in [1.54, 1.807) is 18.2 Å². The molecular weight excluding hydrogens is 337 g/mol. The molecule has 7 heteroatoms. The lowest BCUT2D eigenvalue weighted by Gasteiger charge is -2.15. The average Bonchev–Trinajstić information content (AvgIpc) is 2.54. The smallest absolute Gasteiger partial charge is 0.326 e. The van der Waals surface area contributed by atoms with Gasteiger partial charge in [-0.3, -0.25) is 4.79 Å². The summed E-state index contributed by atoms with van der Waals surface area (Å²) in [7, 11) is 1.47. The second-order valence-electron chi connectivity index (χ2n) is 5.02. The third kappa shape index (κ3) is 4.23. The van der Waals surface area contributed by atoms with Gasteiger partial charge in [-0.05, 0) is 29.8 Å². The molecule has 24 heavy (non-hydrogen) atoms. The molecule has 0 saturated heterocycles. The third-order valence-electron chi connectivity index (χ3n) is 3.38. The maximum absolute atomic E-state index is 13.6. The summed E-state index contributed by atoms with van der Waals surface area (Å²) >= 11 is 6.01. The average molecular weight is 352 g/mol. The summed E-state index contributed by atoms with van der Waals surface area (Å²) in [6.45, 7) is 0. The summed E-state index contributed by atoms with van der Waals surface area (Å²) in [5.41, 5.74) is 0.388. The highest BCUT2D eigenvalue weighted by Gasteiger charge is 2.22. The van der Waals surface area contributed by atoms with Crippen molar-refractivity contribution in [3.8, 4) is 5.75 Å². The van der Waals surface area contributed by atoms with Gasteiger partial charge in [0.15, 0.2) is 0 Å². The number of ether oxygens (including phenoxy) is 1. The molecule has 1 atom stereocenters. The highest BCUT2D eigenvalue weighted by Crippen LogP contribution is 2.25. The Balaban J connectivity index is 2.15. The van der Waals surface area contributed by atoms with Crippen molar-refractivity contribution in [2.24, 2.45) is 0 Å². The summed E-state index contributed by atoms with van der Waals surface area (Å²) in [4.78, 5) is 23.5. The van der Waals surface area contributed by atoms with E-state index in [1.165, 1.54) is 25.3 Å². The van der Waals surface area contributed by atoms with Crippen LogP contribution in [0.4, 0.5) is 4.39 Å². The first-order chi connectivity index (χ1) is 11.4. The van der Waals surface area contributed by atoms with Gasteiger partial charge in [-0.15, -0.1) is 0 Å². The predicted molar refractivity (Wildman–Crippen MR) is 87.0 cm³/mol. The lowest BCUT2D eigenvalue weighted by atomic mass is 10.0. The van der Waals surface area contributed by atoms with Crippen LogP contribution in [0.1, 0.15) is 15.9 Å². The number of amides is 1. The maximum Gasteiger partial charge on any atom is 0.326 e. The summed E-state index contributed by atoms with van der Waals surface area (Å²) in [5.74, 6) is -2.28. The van der Waals surface area contributed by atoms with Gasteiger partial charge in [0.2, 0.25) is 0 Å². The molecule has 2 rings (SSSR count). The van der Waals surface area contributed by atoms with Crippen molar-refractivity contribution in [3.05, 3.63) is 64.4 Å². The summed E-state index contributed by atoms with van der Waals surface area (Å²) < 4.78 is 18.6. The molecule has 0 unspecified atom stereocenters. The van der Waals surface area contributed by atoms with E-state index in [2.05, 4.69) is 5.32 Å². The van der Waals surface area contributed by atoms with E-state index in [9.17, 15) is 19.1 Å². The Morgan fingerprint density at radius 1 is 1.29 bits per heavy atom. The Bertz CT molecular complexity index is 766. The van der Waals surface area contributed by atoms with Crippen LogP contribution in [0.25, 0.3) is 0 Å². The van der Waals surface area contributed by atoms with Crippen LogP contribution in [0.5, 0.6) is 5.75 Å². The number of carboxylic acids is 1. The number of rotatable bonds is 6. The van der Waals surface area contributed by atoms with Gasteiger partial charge in [-0.25, -0.2) is 9.18 Å². The van der Waals surface area contributed by atoms with Gasteiger partial charge in [0, 0.05) is 6.42 Å². The van der Waals surface area contributed by atoms with Crippen molar-refractivity contribution >= 4 is 23.5 Å². The second-order valence-corrected chi connectivity index (χ2v) is 5.42. The van der Waals surface area contributed by atoms with Crippen molar-refractivity contribution < 1.29 is 23.8 Å². The summed E-state index contributed by atoms with van der Waals surface area (Å²) in [5, 5.41) is 12.0. The Morgan fingerprint density at radius 2 is 2.00 bits per heavy atom. The highest BCUT2D eigenvalue weighted by molar-refractivity contribution is 6.32. The van der Waals surface area contributed by atoms with Crippen molar-refractivity contribution in [1.82, 2.24) is 5.32 Å². The van der Waals surface area contributed by atoms with Gasteiger partial charge in [0.25, 0.3) is 5.91 Å². The summed E-state index contributed by atoms with van der Waals surface area (Å²) in [6.07, 6.45) is -0.000754. The van der Waals surface area contributed by atoms with Crippen molar-refractivity contribution in [3.63, 3.8) is 0 Å². The molecule has 1 amide bonds. The largest absolute Gasteiger partial charge is 0.495 e. The minimum Gasteiger partial charge on any atom is -0.495 e. The van der Waals surface area contributed by atoms with Crippen LogP contribution >= 0.6 is 11.6 Å². The number of hydrogen-bond donors (Lipinski definition) is 2. The fourth-order valence-electron chi connectivity index (χ4n) is 2.15. The monoisotopic (exact) mass is 351 g/mol. The van der Waals surface area contributed by atoms with E-state index in [4.69, 9.17) is 16.3 Å². The quantitative estimate of drug-likeness (QED) is 0.839. The zero-order chi connectivity index (χ0) is 17.7. The number of carbonyl (C=O) groups is 2. The van der Waals surface area contributed by atoms with Crippen LogP contribution < -0.4 is 10.1 Å². The number of carboxylic acid groups (broad SMARTS) is 1. The van der Waals surface area contributed by atoms with Gasteiger partial charge >= 0.3 is 5.97 Å². The molecule has 0 heterocycles. The molecule has 0 aromatic heterocycles. The van der Waals surface area contributed by atoms with Gasteiger partial charge < -0.3 is 15.2 Å². The van der Waals surface area contributed by atoms with Crippen LogP contribution in [0.2, 0.25) is 5.02 Å². The molecule has 0 aliphatic carbocycles. The Labute approximate surface area is 143 Å². The van der Waals surface area contributed by atoms with E-state index in [0.29, 0.717) is 16.3 Å². The SMILES string of the molecule is COc1ccc(C[C@H](NC(=O)c2ccccc2F)C(=O)O)cc1Cl. The number of benzene rings is 2. The second kappa shape index (κ2) is 7.79. The number of nitrogens with one attached hydrogen (secondary N) is 1. The molecule has 0 fully saturated rings. The van der Waals surface area contributed by atoms with Crippen LogP contribution in [0, 0.1) is 5.82 Å². The normalized spacial score (nSPS) is 11.6. The molecule has 2 aromatic carbocycles. The van der Waals surface area contributed by atoms with E-state index in [1.807, 2.05) is 0 Å². The number of methoxy groups -OCH3 is 1. The van der Waals surface area contributed by atoms with Crippen LogP contribution in [0.3, 0.4) is 0 Å². The fraction of sp³-hybridized carbons (Fsp3) is 0.176. The van der Waals surface area contributed by atoms with Gasteiger partial charge in [0.05, 0.1) is 17.7 Å². The predicted octanol–water partition coefficient (Wildman–Crippen LogP) is 2.91. The molecule has 126 valence electrons. The first kappa shape index (κ1) is 17.7. The molecule has 0 saturated carbocycles. The van der Waals surface area contributed by atoms with Gasteiger partial charge in [0.1, 0.15) is 17.6 Å². The first-order valence-electron chi connectivity index (χ1n) is 7.03. The number of carbonyl (C=O) groups excluding carboxylic acids is 1. The van der Waals surface area contributed by atoms with Gasteiger partial charge in [-0.2, -0.15) is 0 Å². The number of hydrogen-bond acceptors (Lipinski definition) is 3. The molecule has 5 nitrogen and oxygen atoms in total. The van der Waals surface area contributed by atoms with Crippen molar-refractivity contribution in [2.75, 3.05) is 7.11 Å². The third-order valence-corrected chi connectivity index (χ3v) is 3.67. The standard InChI is InChI=1S/C17H15ClFNO4/c1-24-15-7-6-10(8-12(15)18)9-14(17(22)23)20-16(21)11-4-2-3-5-13(11)19/h2-8,14H,9H2,1H3,(H,20,21)(H,22,23)/t14-/m0/s1. The summed E-state index contributed by atoms with van der Waals surface area (Å²) in [6, 6.07) is 8.96. The first-order valence-corrected chi connectivity index (χ1v) is 7.40. The minimum absolute atomic E-state index is 0.000754. The van der Waals surface area contributed by atoms with Crippen molar-refractivity contribution in [2.45, 2.75) is 12.5 Å². The van der Waals surface area contributed by atoms with Crippen molar-refractivity contribution in [1.29, 1.82) is 0 Å². The molecule has 0 aliphatic rings. The van der Waals surface area contributed by atoms with E-state index in [0.717, 1.165) is 6.07 Å². The Morgan fingerprint density at radius 3 is 2.58 bits per heavy atom. The van der Waals surface area contributed by atoms with E-state index < -0.39 is 23.7 Å². The molecule has 0 spiro atoms. The molecule has 0 aliphatic heterocycles. The molecule has 0 bridgehead atoms. The lowest BCUT2D eigenvalue weighted by Crippen LogP contribution is -2.42. The van der Waals surface area contributed by atoms with Crippen LogP contribution in [0.15, 0.2) is 42.5 Å². The molecule has 2 N–H and O–H groups in total. The Hall–Kier alpha value is -2.60. The topological polar surface area (TPSA) is 75.6 Å². The zero-order valence-electron chi connectivity index (χ0n) is 12.8. The van der Waals surface area contributed by atoms with E-state index in [-0.39, 0.29) is 12.0 Å². The maximum atomic E-state index is 13.6. The lowest BCUT2D eigenvalue weighted by molar-refractivity contribution is -0.139. The molecule has 0 radical (unpaired) electrons. The van der Waals surface area contributed by atoms with E-state index >= 15 is 0 Å². The molecular formula is C17H15ClFNO4. The fourth-order valence-corrected chi connectivity index (χ4v) is 2.43. The van der Waals surface area contributed by atoms with Crippen LogP contribution in [-0.4, -0.2) is 30.1 Å². The number of aliphatic carboxylic acids is 1. The Kier molecular flexibility index (Phi) is 5.76. The highest BCUT2D eigenvalue weighted by atomic mass is 35.5. The minimum atomic E-state index is -1.23. The molecule has 2 aromatic rings. The zero-order valence-corrected chi connectivity index (χ0v) is 13.5. The van der Waals surface area contributed by atoms with Crippen LogP contribution in [-0.2, 0) is 11.2 Å². The van der Waals surface area contributed by atoms with Gasteiger partial charge in [-0.1, -0.05) is 29.8 Å². The number of halogens is 2.